The van der Waals surface area contributed by atoms with Crippen LogP contribution in [0, 0.1) is 5.82 Å². The maximum atomic E-state index is 13.1. The SMILES string of the molecule is O=C(O)c1cc(F)ccc1NS(=O)(=O)c1ccc(C(F)(F)F)cc1. The van der Waals surface area contributed by atoms with Crippen molar-refractivity contribution in [2.45, 2.75) is 11.1 Å². The van der Waals surface area contributed by atoms with Crippen molar-refractivity contribution >= 4 is 21.7 Å². The van der Waals surface area contributed by atoms with Crippen molar-refractivity contribution in [1.82, 2.24) is 0 Å². The number of benzene rings is 2. The second kappa shape index (κ2) is 6.11. The summed E-state index contributed by atoms with van der Waals surface area (Å²) in [6.45, 7) is 0. The summed E-state index contributed by atoms with van der Waals surface area (Å²) in [7, 11) is -4.35. The van der Waals surface area contributed by atoms with Crippen LogP contribution in [0.15, 0.2) is 47.4 Å². The zero-order valence-corrected chi connectivity index (χ0v) is 12.5. The lowest BCUT2D eigenvalue weighted by atomic mass is 10.2. The van der Waals surface area contributed by atoms with E-state index in [1.165, 1.54) is 0 Å². The topological polar surface area (TPSA) is 83.5 Å². The van der Waals surface area contributed by atoms with Gasteiger partial charge in [0.05, 0.1) is 21.7 Å². The van der Waals surface area contributed by atoms with Crippen LogP contribution in [0.4, 0.5) is 23.2 Å². The maximum Gasteiger partial charge on any atom is 0.416 e. The van der Waals surface area contributed by atoms with Crippen LogP contribution in [0.5, 0.6) is 0 Å². The van der Waals surface area contributed by atoms with Gasteiger partial charge < -0.3 is 5.11 Å². The van der Waals surface area contributed by atoms with Crippen molar-refractivity contribution < 1.29 is 35.9 Å². The van der Waals surface area contributed by atoms with E-state index in [9.17, 15) is 30.8 Å². The second-order valence-corrected chi connectivity index (χ2v) is 6.31. The summed E-state index contributed by atoms with van der Waals surface area (Å²) in [5.74, 6) is -2.45. The van der Waals surface area contributed by atoms with Crippen molar-refractivity contribution in [2.24, 2.45) is 0 Å². The van der Waals surface area contributed by atoms with Gasteiger partial charge in [-0.2, -0.15) is 13.2 Å². The molecule has 2 rings (SSSR count). The van der Waals surface area contributed by atoms with Gasteiger partial charge in [0.1, 0.15) is 5.82 Å². The predicted octanol–water partition coefficient (Wildman–Crippen LogP) is 3.34. The number of carbonyl (C=O) groups is 1. The summed E-state index contributed by atoms with van der Waals surface area (Å²) in [6.07, 6.45) is -4.62. The molecule has 0 aliphatic carbocycles. The number of rotatable bonds is 4. The van der Waals surface area contributed by atoms with Crippen molar-refractivity contribution in [3.63, 3.8) is 0 Å². The Kier molecular flexibility index (Phi) is 4.52. The van der Waals surface area contributed by atoms with Gasteiger partial charge in [-0.15, -0.1) is 0 Å². The van der Waals surface area contributed by atoms with Crippen LogP contribution >= 0.6 is 0 Å². The molecule has 0 radical (unpaired) electrons. The van der Waals surface area contributed by atoms with Crippen LogP contribution in [-0.2, 0) is 16.2 Å². The fourth-order valence-electron chi connectivity index (χ4n) is 1.81. The fraction of sp³-hybridized carbons (Fsp3) is 0.0714. The molecule has 2 N–H and O–H groups in total. The first-order valence-corrected chi connectivity index (χ1v) is 7.72. The number of carboxylic acids is 1. The van der Waals surface area contributed by atoms with Gasteiger partial charge in [-0.05, 0) is 42.5 Å². The fourth-order valence-corrected chi connectivity index (χ4v) is 2.89. The van der Waals surface area contributed by atoms with Gasteiger partial charge in [0.15, 0.2) is 0 Å². The number of alkyl halides is 3. The lowest BCUT2D eigenvalue weighted by Crippen LogP contribution is -2.16. The van der Waals surface area contributed by atoms with E-state index in [2.05, 4.69) is 0 Å². The van der Waals surface area contributed by atoms with Crippen molar-refractivity contribution in [2.75, 3.05) is 4.72 Å². The number of halogens is 4. The number of carboxylic acid groups (broad SMARTS) is 1. The molecular formula is C14H9F4NO4S. The Balaban J connectivity index is 2.37. The minimum atomic E-state index is -4.62. The number of nitrogens with one attached hydrogen (secondary N) is 1. The van der Waals surface area contributed by atoms with Crippen molar-refractivity contribution in [3.05, 3.63) is 59.4 Å². The normalized spacial score (nSPS) is 12.0. The summed E-state index contributed by atoms with van der Waals surface area (Å²) >= 11 is 0. The average Bonchev–Trinajstić information content (AvgIpc) is 2.48. The first-order chi connectivity index (χ1) is 11.0. The third-order valence-electron chi connectivity index (χ3n) is 2.95. The largest absolute Gasteiger partial charge is 0.478 e. The Morgan fingerprint density at radius 1 is 1.04 bits per heavy atom. The Morgan fingerprint density at radius 3 is 2.12 bits per heavy atom. The Hall–Kier alpha value is -2.62. The lowest BCUT2D eigenvalue weighted by Gasteiger charge is -2.12. The minimum Gasteiger partial charge on any atom is -0.478 e. The van der Waals surface area contributed by atoms with E-state index in [1.54, 1.807) is 0 Å². The molecule has 0 saturated heterocycles. The molecule has 5 nitrogen and oxygen atoms in total. The summed E-state index contributed by atoms with van der Waals surface area (Å²) in [6, 6.07) is 4.99. The predicted molar refractivity (Wildman–Crippen MR) is 75.6 cm³/mol. The van der Waals surface area contributed by atoms with E-state index in [4.69, 9.17) is 5.11 Å². The Bertz CT molecular complexity index is 877. The lowest BCUT2D eigenvalue weighted by molar-refractivity contribution is -0.137. The van der Waals surface area contributed by atoms with Gasteiger partial charge >= 0.3 is 12.1 Å². The highest BCUT2D eigenvalue weighted by molar-refractivity contribution is 7.92. The zero-order valence-electron chi connectivity index (χ0n) is 11.6. The van der Waals surface area contributed by atoms with Crippen LogP contribution in [0.1, 0.15) is 15.9 Å². The van der Waals surface area contributed by atoms with E-state index in [0.717, 1.165) is 24.3 Å². The molecule has 0 saturated carbocycles. The third-order valence-corrected chi connectivity index (χ3v) is 4.33. The second-order valence-electron chi connectivity index (χ2n) is 4.62. The van der Waals surface area contributed by atoms with E-state index >= 15 is 0 Å². The summed E-state index contributed by atoms with van der Waals surface area (Å²) in [4.78, 5) is 10.5. The Labute approximate surface area is 133 Å². The molecule has 0 aromatic heterocycles. The molecule has 128 valence electrons. The molecular weight excluding hydrogens is 354 g/mol. The van der Waals surface area contributed by atoms with E-state index in [1.807, 2.05) is 4.72 Å². The highest BCUT2D eigenvalue weighted by Gasteiger charge is 2.30. The van der Waals surface area contributed by atoms with Gasteiger partial charge in [0.2, 0.25) is 0 Å². The number of anilines is 1. The van der Waals surface area contributed by atoms with Crippen LogP contribution in [0.2, 0.25) is 0 Å². The van der Waals surface area contributed by atoms with E-state index in [0.29, 0.717) is 18.2 Å². The number of aromatic carboxylic acids is 1. The highest BCUT2D eigenvalue weighted by Crippen LogP contribution is 2.30. The highest BCUT2D eigenvalue weighted by atomic mass is 32.2. The van der Waals surface area contributed by atoms with Gasteiger partial charge in [0.25, 0.3) is 10.0 Å². The third kappa shape index (κ3) is 3.82. The van der Waals surface area contributed by atoms with Crippen molar-refractivity contribution in [1.29, 1.82) is 0 Å². The van der Waals surface area contributed by atoms with Gasteiger partial charge in [-0.25, -0.2) is 17.6 Å². The molecule has 0 aliphatic heterocycles. The molecule has 24 heavy (non-hydrogen) atoms. The molecule has 0 unspecified atom stereocenters. The van der Waals surface area contributed by atoms with Gasteiger partial charge in [-0.1, -0.05) is 0 Å². The van der Waals surface area contributed by atoms with Crippen LogP contribution in [0.25, 0.3) is 0 Å². The number of sulfonamides is 1. The maximum absolute atomic E-state index is 13.1. The van der Waals surface area contributed by atoms with E-state index < -0.39 is 49.7 Å². The van der Waals surface area contributed by atoms with Crippen molar-refractivity contribution in [3.8, 4) is 0 Å². The molecule has 0 fully saturated rings. The molecule has 0 heterocycles. The number of hydrogen-bond acceptors (Lipinski definition) is 3. The van der Waals surface area contributed by atoms with Crippen LogP contribution in [-0.4, -0.2) is 19.5 Å². The zero-order chi connectivity index (χ0) is 18.1. The average molecular weight is 363 g/mol. The van der Waals surface area contributed by atoms with Gasteiger partial charge in [-0.3, -0.25) is 4.72 Å². The molecule has 0 atom stereocenters. The summed E-state index contributed by atoms with van der Waals surface area (Å²) < 4.78 is 76.7. The standard InChI is InChI=1S/C14H9F4NO4S/c15-9-3-6-12(11(7-9)13(20)21)19-24(22,23)10-4-1-8(2-5-10)14(16,17)18/h1-7,19H,(H,20,21). The first kappa shape index (κ1) is 17.7. The summed E-state index contributed by atoms with van der Waals surface area (Å²) in [5, 5.41) is 8.96. The molecule has 0 amide bonds. The molecule has 2 aromatic carbocycles. The molecule has 10 heteroatoms. The monoisotopic (exact) mass is 363 g/mol. The Morgan fingerprint density at radius 2 is 1.62 bits per heavy atom. The minimum absolute atomic E-state index is 0.413. The molecule has 0 aliphatic rings. The quantitative estimate of drug-likeness (QED) is 0.816. The smallest absolute Gasteiger partial charge is 0.416 e. The number of hydrogen-bond donors (Lipinski definition) is 2. The van der Waals surface area contributed by atoms with E-state index in [-0.39, 0.29) is 0 Å². The molecule has 2 aromatic rings. The van der Waals surface area contributed by atoms with Gasteiger partial charge in [0, 0.05) is 0 Å². The molecule has 0 bridgehead atoms. The van der Waals surface area contributed by atoms with Crippen LogP contribution in [0.3, 0.4) is 0 Å². The summed E-state index contributed by atoms with van der Waals surface area (Å²) in [5.41, 5.74) is -2.08. The first-order valence-electron chi connectivity index (χ1n) is 6.23. The van der Waals surface area contributed by atoms with Crippen LogP contribution < -0.4 is 4.72 Å². The molecule has 0 spiro atoms.